The molecule has 5 heteroatoms. The van der Waals surface area contributed by atoms with Gasteiger partial charge in [-0.1, -0.05) is 12.2 Å². The smallest absolute Gasteiger partial charge is 0.314 e. The van der Waals surface area contributed by atoms with Crippen molar-refractivity contribution in [2.24, 2.45) is 11.8 Å². The molecule has 0 bridgehead atoms. The summed E-state index contributed by atoms with van der Waals surface area (Å²) >= 11 is 0. The molecule has 0 spiro atoms. The Balaban J connectivity index is 2.81. The van der Waals surface area contributed by atoms with Gasteiger partial charge < -0.3 is 14.9 Å². The van der Waals surface area contributed by atoms with Crippen LogP contribution in [0, 0.1) is 11.8 Å². The van der Waals surface area contributed by atoms with Crippen LogP contribution in [-0.4, -0.2) is 34.9 Å². The van der Waals surface area contributed by atoms with Crippen molar-refractivity contribution >= 4 is 11.9 Å². The Labute approximate surface area is 106 Å². The molecule has 1 saturated heterocycles. The average molecular weight is 254 g/mol. The monoisotopic (exact) mass is 254 g/mol. The minimum atomic E-state index is -1.08. The molecule has 5 nitrogen and oxygen atoms in total. The Morgan fingerprint density at radius 3 is 2.39 bits per heavy atom. The van der Waals surface area contributed by atoms with Gasteiger partial charge in [-0.25, -0.2) is 0 Å². The van der Waals surface area contributed by atoms with Gasteiger partial charge in [0.2, 0.25) is 0 Å². The van der Waals surface area contributed by atoms with Crippen LogP contribution in [0.4, 0.5) is 0 Å². The lowest BCUT2D eigenvalue weighted by Gasteiger charge is -2.19. The highest BCUT2D eigenvalue weighted by Gasteiger charge is 2.32. The van der Waals surface area contributed by atoms with Gasteiger partial charge in [0.25, 0.3) is 0 Å². The van der Waals surface area contributed by atoms with Gasteiger partial charge in [0.1, 0.15) is 0 Å². The summed E-state index contributed by atoms with van der Waals surface area (Å²) in [5, 5.41) is 18.3. The van der Waals surface area contributed by atoms with Crippen molar-refractivity contribution in [2.75, 3.05) is 6.61 Å². The maximum absolute atomic E-state index is 11.3. The molecule has 0 aromatic rings. The Kier molecular flexibility index (Phi) is 5.09. The van der Waals surface area contributed by atoms with Crippen molar-refractivity contribution in [3.8, 4) is 0 Å². The van der Waals surface area contributed by atoms with Gasteiger partial charge in [-0.3, -0.25) is 9.59 Å². The van der Waals surface area contributed by atoms with Crippen LogP contribution < -0.4 is 0 Å². The molecule has 0 aromatic carbocycles. The lowest BCUT2D eigenvalue weighted by atomic mass is 9.84. The van der Waals surface area contributed by atoms with E-state index in [4.69, 9.17) is 9.84 Å². The van der Waals surface area contributed by atoms with Gasteiger partial charge in [0.05, 0.1) is 24.5 Å². The number of carbonyl (C=O) groups is 2. The third-order valence-electron chi connectivity index (χ3n) is 3.07. The number of carboxylic acids is 2. The number of aliphatic carboxylic acids is 2. The number of rotatable bonds is 8. The van der Waals surface area contributed by atoms with Crippen LogP contribution in [0.3, 0.4) is 0 Å². The first-order valence-corrected chi connectivity index (χ1v) is 5.87. The van der Waals surface area contributed by atoms with E-state index in [1.54, 1.807) is 13.0 Å². The average Bonchev–Trinajstić information content (AvgIpc) is 3.10. The molecule has 1 aliphatic rings. The highest BCUT2D eigenvalue weighted by molar-refractivity contribution is 5.81. The molecular formula is C13H18O5. The van der Waals surface area contributed by atoms with Crippen LogP contribution in [0.25, 0.3) is 0 Å². The molecule has 0 radical (unpaired) electrons. The molecule has 0 aromatic heterocycles. The third-order valence-corrected chi connectivity index (χ3v) is 3.07. The van der Waals surface area contributed by atoms with E-state index in [1.165, 1.54) is 6.08 Å². The van der Waals surface area contributed by atoms with E-state index in [0.29, 0.717) is 25.0 Å². The van der Waals surface area contributed by atoms with Crippen molar-refractivity contribution in [1.82, 2.24) is 0 Å². The number of carboxylic acid groups (broad SMARTS) is 2. The first-order valence-electron chi connectivity index (χ1n) is 5.87. The van der Waals surface area contributed by atoms with E-state index < -0.39 is 23.8 Å². The van der Waals surface area contributed by atoms with Gasteiger partial charge in [0, 0.05) is 0 Å². The predicted octanol–water partition coefficient (Wildman–Crippen LogP) is 1.70. The SMILES string of the molecule is C=CC(C(=O)O)C(=CC)C(CCC1CO1)C(=O)O. The van der Waals surface area contributed by atoms with Gasteiger partial charge in [0.15, 0.2) is 0 Å². The fraction of sp³-hybridized carbons (Fsp3) is 0.538. The summed E-state index contributed by atoms with van der Waals surface area (Å²) in [6.07, 6.45) is 3.99. The standard InChI is InChI=1S/C13H18O5/c1-3-9(10(4-2)12(14)15)11(13(16)17)6-5-8-7-18-8/h3-4,8,10-11H,2,5-7H2,1H3,(H,14,15)(H,16,17). The molecule has 1 heterocycles. The van der Waals surface area contributed by atoms with Crippen molar-refractivity contribution in [1.29, 1.82) is 0 Å². The van der Waals surface area contributed by atoms with Gasteiger partial charge >= 0.3 is 11.9 Å². The molecule has 0 saturated carbocycles. The summed E-state index contributed by atoms with van der Waals surface area (Å²) in [6.45, 7) is 5.78. The number of hydrogen-bond donors (Lipinski definition) is 2. The van der Waals surface area contributed by atoms with Crippen LogP contribution in [0.2, 0.25) is 0 Å². The highest BCUT2D eigenvalue weighted by atomic mass is 16.6. The van der Waals surface area contributed by atoms with E-state index >= 15 is 0 Å². The van der Waals surface area contributed by atoms with Crippen molar-refractivity contribution in [2.45, 2.75) is 25.9 Å². The largest absolute Gasteiger partial charge is 0.481 e. The Morgan fingerprint density at radius 1 is 1.44 bits per heavy atom. The minimum Gasteiger partial charge on any atom is -0.481 e. The molecule has 2 N–H and O–H groups in total. The van der Waals surface area contributed by atoms with E-state index in [1.807, 2.05) is 0 Å². The Morgan fingerprint density at radius 2 is 2.06 bits per heavy atom. The van der Waals surface area contributed by atoms with E-state index in [2.05, 4.69) is 6.58 Å². The molecule has 3 atom stereocenters. The van der Waals surface area contributed by atoms with E-state index in [0.717, 1.165) is 0 Å². The van der Waals surface area contributed by atoms with Crippen molar-refractivity contribution in [3.63, 3.8) is 0 Å². The second kappa shape index (κ2) is 6.35. The molecule has 3 unspecified atom stereocenters. The summed E-state index contributed by atoms with van der Waals surface area (Å²) in [5.41, 5.74) is 0.380. The lowest BCUT2D eigenvalue weighted by molar-refractivity contribution is -0.141. The minimum absolute atomic E-state index is 0.136. The van der Waals surface area contributed by atoms with Crippen LogP contribution in [0.1, 0.15) is 19.8 Å². The maximum Gasteiger partial charge on any atom is 0.314 e. The Bertz CT molecular complexity index is 368. The predicted molar refractivity (Wildman–Crippen MR) is 65.2 cm³/mol. The lowest BCUT2D eigenvalue weighted by Crippen LogP contribution is -2.25. The zero-order valence-electron chi connectivity index (χ0n) is 10.3. The molecule has 1 aliphatic heterocycles. The molecule has 18 heavy (non-hydrogen) atoms. The zero-order valence-corrected chi connectivity index (χ0v) is 10.3. The molecule has 0 amide bonds. The van der Waals surface area contributed by atoms with Crippen LogP contribution in [0.15, 0.2) is 24.3 Å². The van der Waals surface area contributed by atoms with Crippen molar-refractivity contribution in [3.05, 3.63) is 24.3 Å². The summed E-state index contributed by atoms with van der Waals surface area (Å²) in [5.74, 6) is -3.82. The van der Waals surface area contributed by atoms with Crippen LogP contribution in [-0.2, 0) is 14.3 Å². The highest BCUT2D eigenvalue weighted by Crippen LogP contribution is 2.29. The summed E-state index contributed by atoms with van der Waals surface area (Å²) in [4.78, 5) is 22.3. The number of allylic oxidation sites excluding steroid dienone is 1. The quantitative estimate of drug-likeness (QED) is 0.508. The van der Waals surface area contributed by atoms with E-state index in [-0.39, 0.29) is 6.10 Å². The number of ether oxygens (including phenoxy) is 1. The summed E-state index contributed by atoms with van der Waals surface area (Å²) in [6, 6.07) is 0. The molecule has 100 valence electrons. The normalized spacial score (nSPS) is 22.1. The number of hydrogen-bond acceptors (Lipinski definition) is 3. The van der Waals surface area contributed by atoms with Gasteiger partial charge in [-0.15, -0.1) is 6.58 Å². The first-order chi connectivity index (χ1) is 8.51. The second-order valence-corrected chi connectivity index (χ2v) is 4.26. The fourth-order valence-corrected chi connectivity index (χ4v) is 2.00. The van der Waals surface area contributed by atoms with Gasteiger partial charge in [-0.2, -0.15) is 0 Å². The molecular weight excluding hydrogens is 236 g/mol. The van der Waals surface area contributed by atoms with Crippen LogP contribution in [0.5, 0.6) is 0 Å². The first kappa shape index (κ1) is 14.4. The maximum atomic E-state index is 11.3. The van der Waals surface area contributed by atoms with Crippen molar-refractivity contribution < 1.29 is 24.5 Å². The molecule has 1 fully saturated rings. The van der Waals surface area contributed by atoms with E-state index in [9.17, 15) is 14.7 Å². The molecule has 0 aliphatic carbocycles. The Hall–Kier alpha value is -1.62. The summed E-state index contributed by atoms with van der Waals surface area (Å²) in [7, 11) is 0. The molecule has 1 rings (SSSR count). The van der Waals surface area contributed by atoms with Crippen LogP contribution >= 0.6 is 0 Å². The number of epoxide rings is 1. The summed E-state index contributed by atoms with van der Waals surface area (Å²) < 4.78 is 5.04. The van der Waals surface area contributed by atoms with Gasteiger partial charge in [-0.05, 0) is 25.3 Å². The fourth-order valence-electron chi connectivity index (χ4n) is 2.00. The zero-order chi connectivity index (χ0) is 13.7. The third kappa shape index (κ3) is 3.70. The second-order valence-electron chi connectivity index (χ2n) is 4.26. The topological polar surface area (TPSA) is 87.1 Å².